The van der Waals surface area contributed by atoms with Crippen molar-refractivity contribution < 1.29 is 4.79 Å². The van der Waals surface area contributed by atoms with E-state index in [9.17, 15) is 4.79 Å². The lowest BCUT2D eigenvalue weighted by atomic mass is 10.2. The second kappa shape index (κ2) is 6.67. The van der Waals surface area contributed by atoms with E-state index in [1.807, 2.05) is 30.3 Å². The molecule has 1 rings (SSSR count). The standard InChI is InChI=1S/C13H18N2O/c1-3-4-5-10-14-12-6-8-13(9-7-12)15-11(2)16/h3,6-9,14H,1,4-5,10H2,2H3,(H,15,16). The summed E-state index contributed by atoms with van der Waals surface area (Å²) in [6.07, 6.45) is 4.02. The van der Waals surface area contributed by atoms with Crippen LogP contribution in [0.15, 0.2) is 36.9 Å². The predicted octanol–water partition coefficient (Wildman–Crippen LogP) is 3.02. The summed E-state index contributed by atoms with van der Waals surface area (Å²) in [6, 6.07) is 7.69. The molecule has 1 aromatic rings. The number of hydrogen-bond donors (Lipinski definition) is 2. The van der Waals surface area contributed by atoms with Crippen LogP contribution in [0.2, 0.25) is 0 Å². The minimum absolute atomic E-state index is 0.0494. The van der Waals surface area contributed by atoms with Crippen molar-refractivity contribution in [1.29, 1.82) is 0 Å². The number of anilines is 2. The van der Waals surface area contributed by atoms with Gasteiger partial charge in [0.25, 0.3) is 0 Å². The van der Waals surface area contributed by atoms with Crippen molar-refractivity contribution in [2.24, 2.45) is 0 Å². The summed E-state index contributed by atoms with van der Waals surface area (Å²) in [7, 11) is 0. The Labute approximate surface area is 96.6 Å². The molecular formula is C13H18N2O. The third-order valence-electron chi connectivity index (χ3n) is 2.12. The Hall–Kier alpha value is -1.77. The number of benzene rings is 1. The maximum absolute atomic E-state index is 10.8. The van der Waals surface area contributed by atoms with E-state index >= 15 is 0 Å². The van der Waals surface area contributed by atoms with Crippen LogP contribution in [0, 0.1) is 0 Å². The highest BCUT2D eigenvalue weighted by Crippen LogP contribution is 2.13. The molecule has 0 aliphatic rings. The zero-order chi connectivity index (χ0) is 11.8. The van der Waals surface area contributed by atoms with Crippen molar-refractivity contribution in [3.05, 3.63) is 36.9 Å². The third-order valence-corrected chi connectivity index (χ3v) is 2.12. The highest BCUT2D eigenvalue weighted by atomic mass is 16.1. The van der Waals surface area contributed by atoms with Crippen LogP contribution in [0.5, 0.6) is 0 Å². The van der Waals surface area contributed by atoms with Gasteiger partial charge in [-0.15, -0.1) is 6.58 Å². The number of carbonyl (C=O) groups excluding carboxylic acids is 1. The smallest absolute Gasteiger partial charge is 0.221 e. The Morgan fingerprint density at radius 3 is 2.50 bits per heavy atom. The average molecular weight is 218 g/mol. The quantitative estimate of drug-likeness (QED) is 0.569. The molecule has 0 aromatic heterocycles. The Balaban J connectivity index is 2.38. The zero-order valence-electron chi connectivity index (χ0n) is 9.62. The second-order valence-electron chi connectivity index (χ2n) is 3.62. The van der Waals surface area contributed by atoms with E-state index in [0.29, 0.717) is 0 Å². The van der Waals surface area contributed by atoms with Crippen molar-refractivity contribution in [2.75, 3.05) is 17.2 Å². The van der Waals surface area contributed by atoms with Crippen molar-refractivity contribution >= 4 is 17.3 Å². The summed E-state index contributed by atoms with van der Waals surface area (Å²) < 4.78 is 0. The molecule has 0 saturated heterocycles. The SMILES string of the molecule is C=CCCCNc1ccc(NC(C)=O)cc1. The molecule has 0 fully saturated rings. The molecule has 16 heavy (non-hydrogen) atoms. The molecular weight excluding hydrogens is 200 g/mol. The number of rotatable bonds is 6. The van der Waals surface area contributed by atoms with Gasteiger partial charge in [0.1, 0.15) is 0 Å². The lowest BCUT2D eigenvalue weighted by Gasteiger charge is -2.07. The fourth-order valence-corrected chi connectivity index (χ4v) is 1.35. The molecule has 0 aliphatic heterocycles. The fraction of sp³-hybridized carbons (Fsp3) is 0.308. The van der Waals surface area contributed by atoms with Crippen LogP contribution in [0.1, 0.15) is 19.8 Å². The van der Waals surface area contributed by atoms with Gasteiger partial charge in [0, 0.05) is 24.8 Å². The molecule has 0 atom stereocenters. The molecule has 86 valence electrons. The number of hydrogen-bond acceptors (Lipinski definition) is 2. The topological polar surface area (TPSA) is 41.1 Å². The van der Waals surface area contributed by atoms with Crippen LogP contribution in [-0.4, -0.2) is 12.5 Å². The summed E-state index contributed by atoms with van der Waals surface area (Å²) in [4.78, 5) is 10.8. The van der Waals surface area contributed by atoms with Gasteiger partial charge in [0.05, 0.1) is 0 Å². The van der Waals surface area contributed by atoms with E-state index in [2.05, 4.69) is 17.2 Å². The normalized spacial score (nSPS) is 9.56. The van der Waals surface area contributed by atoms with Gasteiger partial charge in [0.15, 0.2) is 0 Å². The van der Waals surface area contributed by atoms with Gasteiger partial charge in [-0.25, -0.2) is 0 Å². The average Bonchev–Trinajstić information content (AvgIpc) is 2.26. The minimum atomic E-state index is -0.0494. The maximum atomic E-state index is 10.8. The lowest BCUT2D eigenvalue weighted by Crippen LogP contribution is -2.06. The van der Waals surface area contributed by atoms with Crippen LogP contribution in [-0.2, 0) is 4.79 Å². The number of unbranched alkanes of at least 4 members (excludes halogenated alkanes) is 1. The molecule has 2 N–H and O–H groups in total. The van der Waals surface area contributed by atoms with Crippen molar-refractivity contribution in [3.63, 3.8) is 0 Å². The molecule has 0 bridgehead atoms. The first kappa shape index (κ1) is 12.3. The van der Waals surface area contributed by atoms with Crippen LogP contribution in [0.25, 0.3) is 0 Å². The van der Waals surface area contributed by atoms with E-state index in [1.165, 1.54) is 6.92 Å². The monoisotopic (exact) mass is 218 g/mol. The Morgan fingerprint density at radius 2 is 1.94 bits per heavy atom. The summed E-state index contributed by atoms with van der Waals surface area (Å²) in [5, 5.41) is 6.03. The van der Waals surface area contributed by atoms with E-state index in [0.717, 1.165) is 30.8 Å². The van der Waals surface area contributed by atoms with E-state index in [1.54, 1.807) is 0 Å². The molecule has 0 saturated carbocycles. The van der Waals surface area contributed by atoms with Crippen LogP contribution in [0.4, 0.5) is 11.4 Å². The number of nitrogens with one attached hydrogen (secondary N) is 2. The molecule has 0 unspecified atom stereocenters. The minimum Gasteiger partial charge on any atom is -0.385 e. The zero-order valence-corrected chi connectivity index (χ0v) is 9.62. The van der Waals surface area contributed by atoms with Gasteiger partial charge in [0.2, 0.25) is 5.91 Å². The van der Waals surface area contributed by atoms with Crippen LogP contribution < -0.4 is 10.6 Å². The van der Waals surface area contributed by atoms with E-state index in [-0.39, 0.29) is 5.91 Å². The maximum Gasteiger partial charge on any atom is 0.221 e. The Kier molecular flexibility index (Phi) is 5.12. The molecule has 0 spiro atoms. The van der Waals surface area contributed by atoms with Gasteiger partial charge >= 0.3 is 0 Å². The first-order valence-corrected chi connectivity index (χ1v) is 5.45. The highest BCUT2D eigenvalue weighted by molar-refractivity contribution is 5.88. The number of carbonyl (C=O) groups is 1. The largest absolute Gasteiger partial charge is 0.385 e. The summed E-state index contributed by atoms with van der Waals surface area (Å²) in [5.74, 6) is -0.0494. The van der Waals surface area contributed by atoms with E-state index in [4.69, 9.17) is 0 Å². The summed E-state index contributed by atoms with van der Waals surface area (Å²) in [6.45, 7) is 6.11. The Bertz CT molecular complexity index is 343. The van der Waals surface area contributed by atoms with Gasteiger partial charge in [-0.05, 0) is 37.1 Å². The molecule has 0 radical (unpaired) electrons. The molecule has 1 aromatic carbocycles. The number of amides is 1. The van der Waals surface area contributed by atoms with Crippen molar-refractivity contribution in [2.45, 2.75) is 19.8 Å². The Morgan fingerprint density at radius 1 is 1.31 bits per heavy atom. The second-order valence-corrected chi connectivity index (χ2v) is 3.62. The first-order chi connectivity index (χ1) is 7.72. The van der Waals surface area contributed by atoms with Crippen molar-refractivity contribution in [3.8, 4) is 0 Å². The predicted molar refractivity (Wildman–Crippen MR) is 68.7 cm³/mol. The van der Waals surface area contributed by atoms with Crippen LogP contribution in [0.3, 0.4) is 0 Å². The van der Waals surface area contributed by atoms with Gasteiger partial charge < -0.3 is 10.6 Å². The molecule has 3 nitrogen and oxygen atoms in total. The molecule has 0 aliphatic carbocycles. The molecule has 1 amide bonds. The van der Waals surface area contributed by atoms with Gasteiger partial charge in [-0.3, -0.25) is 4.79 Å². The summed E-state index contributed by atoms with van der Waals surface area (Å²) in [5.41, 5.74) is 1.89. The summed E-state index contributed by atoms with van der Waals surface area (Å²) >= 11 is 0. The van der Waals surface area contributed by atoms with Gasteiger partial charge in [-0.2, -0.15) is 0 Å². The van der Waals surface area contributed by atoms with Crippen molar-refractivity contribution in [1.82, 2.24) is 0 Å². The molecule has 3 heteroatoms. The lowest BCUT2D eigenvalue weighted by molar-refractivity contribution is -0.114. The van der Waals surface area contributed by atoms with E-state index < -0.39 is 0 Å². The van der Waals surface area contributed by atoms with Gasteiger partial charge in [-0.1, -0.05) is 6.08 Å². The molecule has 0 heterocycles. The van der Waals surface area contributed by atoms with Crippen LogP contribution >= 0.6 is 0 Å². The number of allylic oxidation sites excluding steroid dienone is 1. The third kappa shape index (κ3) is 4.64. The first-order valence-electron chi connectivity index (χ1n) is 5.45. The fourth-order valence-electron chi connectivity index (χ4n) is 1.35. The highest BCUT2D eigenvalue weighted by Gasteiger charge is 1.95.